The Balaban J connectivity index is 1.75. The van der Waals surface area contributed by atoms with Gasteiger partial charge in [0.25, 0.3) is 5.56 Å². The number of aromatic amines is 1. The lowest BCUT2D eigenvalue weighted by Gasteiger charge is -2.41. The Morgan fingerprint density at radius 3 is 2.70 bits per heavy atom. The standard InChI is InChI=1S/C13H17F2N4O/c14-13(15)7-9(16)12(8-13)1-5-19(6-2-12)10-11(20)18-4-3-17-10/h3,9H,1-2,5-8,16H2,(H,18,20)/t9-/m1/s1. The average molecular weight is 283 g/mol. The number of hydrogen-bond acceptors (Lipinski definition) is 4. The predicted octanol–water partition coefficient (Wildman–Crippen LogP) is 0.913. The molecule has 2 aliphatic rings. The van der Waals surface area contributed by atoms with Gasteiger partial charge >= 0.3 is 0 Å². The lowest BCUT2D eigenvalue weighted by atomic mass is 9.74. The van der Waals surface area contributed by atoms with E-state index < -0.39 is 17.4 Å². The minimum Gasteiger partial charge on any atom is -0.352 e. The third kappa shape index (κ3) is 2.19. The van der Waals surface area contributed by atoms with Crippen molar-refractivity contribution in [3.05, 3.63) is 22.7 Å². The molecule has 20 heavy (non-hydrogen) atoms. The van der Waals surface area contributed by atoms with Gasteiger partial charge < -0.3 is 15.6 Å². The average Bonchev–Trinajstić information content (AvgIpc) is 2.61. The normalized spacial score (nSPS) is 27.9. The van der Waals surface area contributed by atoms with Gasteiger partial charge in [-0.2, -0.15) is 0 Å². The predicted molar refractivity (Wildman–Crippen MR) is 69.7 cm³/mol. The van der Waals surface area contributed by atoms with Crippen LogP contribution in [0.25, 0.3) is 0 Å². The zero-order valence-electron chi connectivity index (χ0n) is 11.0. The maximum absolute atomic E-state index is 13.5. The molecule has 1 aliphatic heterocycles. The molecule has 1 radical (unpaired) electrons. The Bertz CT molecular complexity index is 551. The first-order valence-corrected chi connectivity index (χ1v) is 6.76. The molecule has 5 nitrogen and oxygen atoms in total. The lowest BCUT2D eigenvalue weighted by Crippen LogP contribution is -2.48. The molecule has 1 aliphatic carbocycles. The summed E-state index contributed by atoms with van der Waals surface area (Å²) in [6.07, 6.45) is 4.69. The fraction of sp³-hybridized carbons (Fsp3) is 0.692. The van der Waals surface area contributed by atoms with E-state index in [-0.39, 0.29) is 18.4 Å². The summed E-state index contributed by atoms with van der Waals surface area (Å²) < 4.78 is 27.1. The molecule has 1 aromatic heterocycles. The summed E-state index contributed by atoms with van der Waals surface area (Å²) in [5.74, 6) is -2.32. The van der Waals surface area contributed by atoms with Gasteiger partial charge in [0.1, 0.15) is 0 Å². The highest BCUT2D eigenvalue weighted by Crippen LogP contribution is 2.52. The molecule has 7 heteroatoms. The van der Waals surface area contributed by atoms with Gasteiger partial charge in [-0.05, 0) is 18.3 Å². The van der Waals surface area contributed by atoms with Crippen LogP contribution in [0.15, 0.2) is 11.0 Å². The second-order valence-electron chi connectivity index (χ2n) is 5.87. The molecular weight excluding hydrogens is 266 g/mol. The first-order valence-electron chi connectivity index (χ1n) is 6.76. The molecule has 3 N–H and O–H groups in total. The SMILES string of the molecule is N[C@@H]1CC(F)(F)CC12CCN(c1nc[c][nH]c1=O)CC2. The fourth-order valence-electron chi connectivity index (χ4n) is 3.50. The summed E-state index contributed by atoms with van der Waals surface area (Å²) in [5.41, 5.74) is 5.15. The van der Waals surface area contributed by atoms with Crippen molar-refractivity contribution in [3.63, 3.8) is 0 Å². The quantitative estimate of drug-likeness (QED) is 0.803. The van der Waals surface area contributed by atoms with Crippen LogP contribution >= 0.6 is 0 Å². The highest BCUT2D eigenvalue weighted by atomic mass is 19.3. The number of aromatic nitrogens is 2. The van der Waals surface area contributed by atoms with Crippen LogP contribution < -0.4 is 16.2 Å². The van der Waals surface area contributed by atoms with E-state index in [4.69, 9.17) is 5.73 Å². The van der Waals surface area contributed by atoms with Crippen LogP contribution in [-0.4, -0.2) is 35.0 Å². The van der Waals surface area contributed by atoms with Crippen LogP contribution in [0.1, 0.15) is 25.7 Å². The zero-order valence-corrected chi connectivity index (χ0v) is 11.0. The summed E-state index contributed by atoms with van der Waals surface area (Å²) in [6, 6.07) is -0.463. The number of nitrogens with zero attached hydrogens (tertiary/aromatic N) is 2. The van der Waals surface area contributed by atoms with E-state index in [1.165, 1.54) is 6.20 Å². The molecule has 1 saturated heterocycles. The summed E-state index contributed by atoms with van der Waals surface area (Å²) in [6.45, 7) is 1.06. The Kier molecular flexibility index (Phi) is 3.04. The summed E-state index contributed by atoms with van der Waals surface area (Å²) >= 11 is 0. The maximum Gasteiger partial charge on any atom is 0.291 e. The first kappa shape index (κ1) is 13.5. The monoisotopic (exact) mass is 283 g/mol. The lowest BCUT2D eigenvalue weighted by molar-refractivity contribution is -0.00684. The second kappa shape index (κ2) is 4.51. The van der Waals surface area contributed by atoms with Crippen molar-refractivity contribution in [2.45, 2.75) is 37.6 Å². The minimum atomic E-state index is -2.65. The molecule has 0 unspecified atom stereocenters. The Morgan fingerprint density at radius 2 is 2.15 bits per heavy atom. The molecule has 3 rings (SSSR count). The number of anilines is 1. The molecule has 0 bridgehead atoms. The summed E-state index contributed by atoms with van der Waals surface area (Å²) in [5, 5.41) is 0. The van der Waals surface area contributed by atoms with E-state index in [0.29, 0.717) is 31.7 Å². The van der Waals surface area contributed by atoms with Crippen molar-refractivity contribution in [3.8, 4) is 0 Å². The third-order valence-electron chi connectivity index (χ3n) is 4.61. The van der Waals surface area contributed by atoms with Crippen molar-refractivity contribution in [1.29, 1.82) is 0 Å². The molecule has 109 valence electrons. The Morgan fingerprint density at radius 1 is 1.45 bits per heavy atom. The van der Waals surface area contributed by atoms with E-state index >= 15 is 0 Å². The second-order valence-corrected chi connectivity index (χ2v) is 5.87. The molecule has 0 amide bonds. The first-order chi connectivity index (χ1) is 9.42. The van der Waals surface area contributed by atoms with Crippen molar-refractivity contribution in [1.82, 2.24) is 9.97 Å². The third-order valence-corrected chi connectivity index (χ3v) is 4.61. The molecule has 1 spiro atoms. The van der Waals surface area contributed by atoms with E-state index in [0.717, 1.165) is 0 Å². The van der Waals surface area contributed by atoms with Crippen LogP contribution in [0.4, 0.5) is 14.6 Å². The van der Waals surface area contributed by atoms with E-state index in [1.807, 2.05) is 4.90 Å². The van der Waals surface area contributed by atoms with Crippen molar-refractivity contribution >= 4 is 5.82 Å². The maximum atomic E-state index is 13.5. The van der Waals surface area contributed by atoms with Crippen molar-refractivity contribution in [2.75, 3.05) is 18.0 Å². The van der Waals surface area contributed by atoms with Crippen LogP contribution in [0.3, 0.4) is 0 Å². The Hall–Kier alpha value is -1.50. The van der Waals surface area contributed by atoms with Gasteiger partial charge in [-0.3, -0.25) is 4.79 Å². The number of hydrogen-bond donors (Lipinski definition) is 2. The van der Waals surface area contributed by atoms with Crippen molar-refractivity contribution in [2.24, 2.45) is 11.1 Å². The molecular formula is C13H17F2N4O. The van der Waals surface area contributed by atoms with Gasteiger partial charge in [-0.1, -0.05) is 0 Å². The van der Waals surface area contributed by atoms with E-state index in [2.05, 4.69) is 16.2 Å². The molecule has 1 aromatic rings. The molecule has 1 atom stereocenters. The van der Waals surface area contributed by atoms with Gasteiger partial charge in [-0.25, -0.2) is 13.8 Å². The number of halogens is 2. The topological polar surface area (TPSA) is 75.0 Å². The minimum absolute atomic E-state index is 0.138. The number of rotatable bonds is 1. The van der Waals surface area contributed by atoms with Gasteiger partial charge in [0.05, 0.1) is 12.4 Å². The molecule has 2 heterocycles. The van der Waals surface area contributed by atoms with E-state index in [9.17, 15) is 13.6 Å². The fourth-order valence-corrected chi connectivity index (χ4v) is 3.50. The number of H-pyrrole nitrogens is 1. The van der Waals surface area contributed by atoms with Gasteiger partial charge in [0, 0.05) is 32.0 Å². The number of alkyl halides is 2. The van der Waals surface area contributed by atoms with Gasteiger partial charge in [-0.15, -0.1) is 0 Å². The molecule has 2 fully saturated rings. The Labute approximate surface area is 115 Å². The van der Waals surface area contributed by atoms with Gasteiger partial charge in [0.15, 0.2) is 5.82 Å². The largest absolute Gasteiger partial charge is 0.352 e. The number of piperidine rings is 1. The molecule has 0 aromatic carbocycles. The summed E-state index contributed by atoms with van der Waals surface area (Å²) in [4.78, 5) is 20.0. The smallest absolute Gasteiger partial charge is 0.291 e. The molecule has 1 saturated carbocycles. The van der Waals surface area contributed by atoms with Crippen molar-refractivity contribution < 1.29 is 8.78 Å². The zero-order chi connectivity index (χ0) is 14.4. The number of nitrogens with two attached hydrogens (primary N) is 1. The van der Waals surface area contributed by atoms with E-state index in [1.54, 1.807) is 0 Å². The van der Waals surface area contributed by atoms with Gasteiger partial charge in [0.2, 0.25) is 5.92 Å². The highest BCUT2D eigenvalue weighted by Gasteiger charge is 2.55. The highest BCUT2D eigenvalue weighted by molar-refractivity contribution is 5.36. The van der Waals surface area contributed by atoms with Crippen LogP contribution in [0.5, 0.6) is 0 Å². The summed E-state index contributed by atoms with van der Waals surface area (Å²) in [7, 11) is 0. The number of nitrogens with one attached hydrogen (secondary N) is 1. The van der Waals surface area contributed by atoms with Crippen LogP contribution in [-0.2, 0) is 0 Å². The van der Waals surface area contributed by atoms with Crippen LogP contribution in [0.2, 0.25) is 0 Å². The van der Waals surface area contributed by atoms with Crippen LogP contribution in [0, 0.1) is 11.6 Å².